The molecule has 2 aromatic carbocycles. The molecular formula is C21H26N2O2S. The van der Waals surface area contributed by atoms with E-state index in [0.717, 1.165) is 29.0 Å². The van der Waals surface area contributed by atoms with E-state index in [1.165, 1.54) is 11.8 Å². The van der Waals surface area contributed by atoms with Gasteiger partial charge >= 0.3 is 0 Å². The summed E-state index contributed by atoms with van der Waals surface area (Å²) in [5.41, 5.74) is 2.54. The largest absolute Gasteiger partial charge is 0.349 e. The van der Waals surface area contributed by atoms with Crippen molar-refractivity contribution in [2.45, 2.75) is 44.6 Å². The molecule has 0 aliphatic carbocycles. The molecule has 2 aromatic rings. The number of carbonyl (C=O) groups excluding carboxylic acids is 2. The molecule has 4 nitrogen and oxygen atoms in total. The lowest BCUT2D eigenvalue weighted by molar-refractivity contribution is -0.113. The quantitative estimate of drug-likeness (QED) is 0.665. The zero-order valence-electron chi connectivity index (χ0n) is 15.5. The first kappa shape index (κ1) is 20.0. The Morgan fingerprint density at radius 1 is 1.00 bits per heavy atom. The molecule has 0 atom stereocenters. The van der Waals surface area contributed by atoms with Gasteiger partial charge in [-0.05, 0) is 44.0 Å². The molecule has 0 fully saturated rings. The highest BCUT2D eigenvalue weighted by Gasteiger charge is 2.15. The Bertz CT molecular complexity index is 740. The average Bonchev–Trinajstić information content (AvgIpc) is 2.66. The third kappa shape index (κ3) is 5.92. The number of aryl methyl sites for hydroxylation is 1. The second-order valence-electron chi connectivity index (χ2n) is 6.19. The van der Waals surface area contributed by atoms with Crippen molar-refractivity contribution in [2.75, 3.05) is 11.1 Å². The van der Waals surface area contributed by atoms with Crippen LogP contribution in [0.5, 0.6) is 0 Å². The highest BCUT2D eigenvalue weighted by atomic mass is 32.2. The predicted molar refractivity (Wildman–Crippen MR) is 109 cm³/mol. The molecule has 0 saturated heterocycles. The third-order valence-corrected chi connectivity index (χ3v) is 5.22. The number of carbonyl (C=O) groups is 2. The van der Waals surface area contributed by atoms with Gasteiger partial charge < -0.3 is 10.6 Å². The summed E-state index contributed by atoms with van der Waals surface area (Å²) < 4.78 is 0. The van der Waals surface area contributed by atoms with Gasteiger partial charge in [-0.3, -0.25) is 9.59 Å². The SMILES string of the molecule is CCC(CC)NC(=O)c1ccccc1SCC(=O)Nc1ccc(C)cc1. The Hall–Kier alpha value is -2.27. The van der Waals surface area contributed by atoms with E-state index in [0.29, 0.717) is 5.56 Å². The number of amides is 2. The molecule has 0 heterocycles. The van der Waals surface area contributed by atoms with Crippen LogP contribution in [0.4, 0.5) is 5.69 Å². The van der Waals surface area contributed by atoms with Gasteiger partial charge in [0.15, 0.2) is 0 Å². The predicted octanol–water partition coefficient (Wildman–Crippen LogP) is 4.64. The minimum atomic E-state index is -0.0888. The summed E-state index contributed by atoms with van der Waals surface area (Å²) in [6, 6.07) is 15.3. The maximum absolute atomic E-state index is 12.5. The molecule has 138 valence electrons. The normalized spacial score (nSPS) is 10.6. The van der Waals surface area contributed by atoms with Crippen molar-refractivity contribution in [3.8, 4) is 0 Å². The Kier molecular flexibility index (Phi) is 7.73. The monoisotopic (exact) mass is 370 g/mol. The van der Waals surface area contributed by atoms with Crippen LogP contribution in [0.2, 0.25) is 0 Å². The summed E-state index contributed by atoms with van der Waals surface area (Å²) >= 11 is 1.38. The van der Waals surface area contributed by atoms with Gasteiger partial charge in [0.05, 0.1) is 11.3 Å². The van der Waals surface area contributed by atoms with E-state index in [9.17, 15) is 9.59 Å². The van der Waals surface area contributed by atoms with Crippen molar-refractivity contribution in [1.82, 2.24) is 5.32 Å². The number of hydrogen-bond acceptors (Lipinski definition) is 3. The van der Waals surface area contributed by atoms with Gasteiger partial charge in [-0.2, -0.15) is 0 Å². The Labute approximate surface area is 159 Å². The summed E-state index contributed by atoms with van der Waals surface area (Å²) in [7, 11) is 0. The van der Waals surface area contributed by atoms with Gasteiger partial charge in [0.1, 0.15) is 0 Å². The highest BCUT2D eigenvalue weighted by molar-refractivity contribution is 8.00. The summed E-state index contributed by atoms with van der Waals surface area (Å²) in [6.45, 7) is 6.13. The molecule has 2 N–H and O–H groups in total. The lowest BCUT2D eigenvalue weighted by Crippen LogP contribution is -2.34. The van der Waals surface area contributed by atoms with Crippen molar-refractivity contribution in [1.29, 1.82) is 0 Å². The summed E-state index contributed by atoms with van der Waals surface area (Å²) in [4.78, 5) is 25.5. The molecule has 26 heavy (non-hydrogen) atoms. The van der Waals surface area contributed by atoms with E-state index in [1.54, 1.807) is 6.07 Å². The first-order valence-electron chi connectivity index (χ1n) is 8.92. The molecule has 2 rings (SSSR count). The smallest absolute Gasteiger partial charge is 0.252 e. The fourth-order valence-electron chi connectivity index (χ4n) is 2.51. The first-order chi connectivity index (χ1) is 12.5. The van der Waals surface area contributed by atoms with E-state index in [4.69, 9.17) is 0 Å². The average molecular weight is 371 g/mol. The third-order valence-electron chi connectivity index (χ3n) is 4.15. The molecule has 0 aliphatic heterocycles. The van der Waals surface area contributed by atoms with E-state index < -0.39 is 0 Å². The number of benzene rings is 2. The topological polar surface area (TPSA) is 58.2 Å². The number of hydrogen-bond donors (Lipinski definition) is 2. The fraction of sp³-hybridized carbons (Fsp3) is 0.333. The molecule has 0 radical (unpaired) electrons. The number of thioether (sulfide) groups is 1. The van der Waals surface area contributed by atoms with Crippen molar-refractivity contribution < 1.29 is 9.59 Å². The highest BCUT2D eigenvalue weighted by Crippen LogP contribution is 2.23. The molecule has 0 aromatic heterocycles. The summed E-state index contributed by atoms with van der Waals surface area (Å²) in [5.74, 6) is 0.0816. The first-order valence-corrected chi connectivity index (χ1v) is 9.91. The summed E-state index contributed by atoms with van der Waals surface area (Å²) in [6.07, 6.45) is 1.80. The molecule has 5 heteroatoms. The Morgan fingerprint density at radius 2 is 1.65 bits per heavy atom. The maximum atomic E-state index is 12.5. The van der Waals surface area contributed by atoms with E-state index in [1.807, 2.05) is 49.4 Å². The van der Waals surface area contributed by atoms with Crippen molar-refractivity contribution >= 4 is 29.3 Å². The zero-order chi connectivity index (χ0) is 18.9. The Balaban J connectivity index is 1.97. The van der Waals surface area contributed by atoms with Crippen molar-refractivity contribution in [2.24, 2.45) is 0 Å². The van der Waals surface area contributed by atoms with Gasteiger partial charge in [0.2, 0.25) is 5.91 Å². The lowest BCUT2D eigenvalue weighted by atomic mass is 10.1. The zero-order valence-corrected chi connectivity index (χ0v) is 16.4. The molecule has 0 spiro atoms. The van der Waals surface area contributed by atoms with Gasteiger partial charge in [-0.25, -0.2) is 0 Å². The second-order valence-corrected chi connectivity index (χ2v) is 7.20. The Morgan fingerprint density at radius 3 is 2.31 bits per heavy atom. The number of anilines is 1. The van der Waals surface area contributed by atoms with Gasteiger partial charge in [-0.1, -0.05) is 43.7 Å². The molecule has 2 amide bonds. The van der Waals surface area contributed by atoms with Crippen LogP contribution in [0.1, 0.15) is 42.6 Å². The van der Waals surface area contributed by atoms with E-state index in [2.05, 4.69) is 24.5 Å². The van der Waals surface area contributed by atoms with Crippen LogP contribution < -0.4 is 10.6 Å². The van der Waals surface area contributed by atoms with Gasteiger partial charge in [-0.15, -0.1) is 11.8 Å². The van der Waals surface area contributed by atoms with Crippen molar-refractivity contribution in [3.05, 3.63) is 59.7 Å². The fourth-order valence-corrected chi connectivity index (χ4v) is 3.36. The van der Waals surface area contributed by atoms with E-state index in [-0.39, 0.29) is 23.6 Å². The van der Waals surface area contributed by atoms with Crippen LogP contribution >= 0.6 is 11.8 Å². The molecular weight excluding hydrogens is 344 g/mol. The molecule has 0 unspecified atom stereocenters. The second kappa shape index (κ2) is 10.0. The number of rotatable bonds is 8. The van der Waals surface area contributed by atoms with E-state index >= 15 is 0 Å². The van der Waals surface area contributed by atoms with Crippen LogP contribution in [-0.4, -0.2) is 23.6 Å². The molecule has 0 bridgehead atoms. The van der Waals surface area contributed by atoms with Gasteiger partial charge in [0.25, 0.3) is 5.91 Å². The van der Waals surface area contributed by atoms with Crippen LogP contribution in [0.15, 0.2) is 53.4 Å². The van der Waals surface area contributed by atoms with Crippen LogP contribution in [0.3, 0.4) is 0 Å². The van der Waals surface area contributed by atoms with Crippen LogP contribution in [-0.2, 0) is 4.79 Å². The summed E-state index contributed by atoms with van der Waals surface area (Å²) in [5, 5.41) is 5.93. The van der Waals surface area contributed by atoms with Crippen molar-refractivity contribution in [3.63, 3.8) is 0 Å². The number of nitrogens with one attached hydrogen (secondary N) is 2. The van der Waals surface area contributed by atoms with Gasteiger partial charge in [0, 0.05) is 16.6 Å². The lowest BCUT2D eigenvalue weighted by Gasteiger charge is -2.16. The minimum absolute atomic E-state index is 0.0826. The standard InChI is InChI=1S/C21H26N2O2S/c1-4-16(5-2)23-21(25)18-8-6-7-9-19(18)26-14-20(24)22-17-12-10-15(3)11-13-17/h6-13,16H,4-5,14H2,1-3H3,(H,22,24)(H,23,25). The minimum Gasteiger partial charge on any atom is -0.349 e. The van der Waals surface area contributed by atoms with Crippen LogP contribution in [0, 0.1) is 6.92 Å². The molecule has 0 saturated carbocycles. The van der Waals surface area contributed by atoms with Crippen LogP contribution in [0.25, 0.3) is 0 Å². The maximum Gasteiger partial charge on any atom is 0.252 e. The molecule has 0 aliphatic rings.